The predicted molar refractivity (Wildman–Crippen MR) is 86.2 cm³/mol. The van der Waals surface area contributed by atoms with Crippen molar-refractivity contribution < 1.29 is 18.3 Å². The van der Waals surface area contributed by atoms with Crippen molar-refractivity contribution in [1.29, 1.82) is 0 Å². The van der Waals surface area contributed by atoms with Crippen molar-refractivity contribution in [3.63, 3.8) is 0 Å². The maximum absolute atomic E-state index is 12.4. The van der Waals surface area contributed by atoms with E-state index in [1.807, 2.05) is 24.3 Å². The zero-order valence-electron chi connectivity index (χ0n) is 12.9. The summed E-state index contributed by atoms with van der Waals surface area (Å²) in [7, 11) is 0. The van der Waals surface area contributed by atoms with Crippen LogP contribution in [0.4, 0.5) is 14.5 Å². The third-order valence-electron chi connectivity index (χ3n) is 3.52. The smallest absolute Gasteiger partial charge is 0.387 e. The van der Waals surface area contributed by atoms with Gasteiger partial charge in [-0.25, -0.2) is 4.98 Å². The quantitative estimate of drug-likeness (QED) is 0.777. The van der Waals surface area contributed by atoms with E-state index in [1.54, 1.807) is 23.6 Å². The molecule has 0 radical (unpaired) electrons. The molecule has 0 bridgehead atoms. The standard InChI is InChI=1S/C17H15F2N3O2/c1-11-20-12-6-2-4-8-14(12)22(11)10-16(23)21-13-7-3-5-9-15(13)24-17(18)19/h2-9,17H,10H2,1H3,(H,21,23). The Morgan fingerprint density at radius 3 is 2.71 bits per heavy atom. The Morgan fingerprint density at radius 1 is 1.21 bits per heavy atom. The molecule has 24 heavy (non-hydrogen) atoms. The normalized spacial score (nSPS) is 11.0. The van der Waals surface area contributed by atoms with Gasteiger partial charge in [0.05, 0.1) is 16.7 Å². The van der Waals surface area contributed by atoms with Crippen LogP contribution in [-0.4, -0.2) is 22.1 Å². The van der Waals surface area contributed by atoms with Crippen LogP contribution >= 0.6 is 0 Å². The zero-order chi connectivity index (χ0) is 17.1. The van der Waals surface area contributed by atoms with Gasteiger partial charge in [0.2, 0.25) is 5.91 Å². The van der Waals surface area contributed by atoms with Gasteiger partial charge in [-0.15, -0.1) is 0 Å². The van der Waals surface area contributed by atoms with Crippen LogP contribution in [0.3, 0.4) is 0 Å². The first kappa shape index (κ1) is 15.9. The van der Waals surface area contributed by atoms with Crippen molar-refractivity contribution in [3.8, 4) is 5.75 Å². The van der Waals surface area contributed by atoms with E-state index < -0.39 is 6.61 Å². The van der Waals surface area contributed by atoms with Crippen molar-refractivity contribution in [2.24, 2.45) is 0 Å². The van der Waals surface area contributed by atoms with Gasteiger partial charge in [-0.3, -0.25) is 4.79 Å². The zero-order valence-corrected chi connectivity index (χ0v) is 12.9. The van der Waals surface area contributed by atoms with Gasteiger partial charge in [-0.05, 0) is 31.2 Å². The molecular weight excluding hydrogens is 316 g/mol. The van der Waals surface area contributed by atoms with Gasteiger partial charge in [0.25, 0.3) is 0 Å². The third kappa shape index (κ3) is 3.34. The number of amides is 1. The van der Waals surface area contributed by atoms with Gasteiger partial charge >= 0.3 is 6.61 Å². The van der Waals surface area contributed by atoms with Crippen LogP contribution in [0.2, 0.25) is 0 Å². The fourth-order valence-corrected chi connectivity index (χ4v) is 2.50. The van der Waals surface area contributed by atoms with Gasteiger partial charge < -0.3 is 14.6 Å². The van der Waals surface area contributed by atoms with Crippen molar-refractivity contribution in [1.82, 2.24) is 9.55 Å². The number of fused-ring (bicyclic) bond motifs is 1. The number of para-hydroxylation sites is 4. The summed E-state index contributed by atoms with van der Waals surface area (Å²) in [5.74, 6) is 0.267. The maximum Gasteiger partial charge on any atom is 0.387 e. The Morgan fingerprint density at radius 2 is 1.92 bits per heavy atom. The number of ether oxygens (including phenoxy) is 1. The van der Waals surface area contributed by atoms with E-state index in [1.165, 1.54) is 12.1 Å². The second-order valence-electron chi connectivity index (χ2n) is 5.16. The average molecular weight is 331 g/mol. The van der Waals surface area contributed by atoms with Crippen molar-refractivity contribution >= 4 is 22.6 Å². The first-order valence-electron chi connectivity index (χ1n) is 7.30. The maximum atomic E-state index is 12.4. The Hall–Kier alpha value is -2.96. The molecule has 7 heteroatoms. The molecule has 1 N–H and O–H groups in total. The Kier molecular flexibility index (Phi) is 4.41. The Balaban J connectivity index is 1.80. The summed E-state index contributed by atoms with van der Waals surface area (Å²) < 4.78 is 31.0. The van der Waals surface area contributed by atoms with E-state index in [0.29, 0.717) is 5.82 Å². The molecule has 0 saturated carbocycles. The lowest BCUT2D eigenvalue weighted by molar-refractivity contribution is -0.116. The fourth-order valence-electron chi connectivity index (χ4n) is 2.50. The lowest BCUT2D eigenvalue weighted by atomic mass is 10.3. The molecule has 3 aromatic rings. The number of rotatable bonds is 5. The van der Waals surface area contributed by atoms with Gasteiger partial charge in [0, 0.05) is 0 Å². The molecule has 0 aliphatic carbocycles. The van der Waals surface area contributed by atoms with Crippen molar-refractivity contribution in [3.05, 3.63) is 54.4 Å². The number of hydrogen-bond donors (Lipinski definition) is 1. The number of carbonyl (C=O) groups excluding carboxylic acids is 1. The third-order valence-corrected chi connectivity index (χ3v) is 3.52. The molecule has 1 heterocycles. The number of nitrogens with zero attached hydrogens (tertiary/aromatic N) is 2. The van der Waals surface area contributed by atoms with Crippen LogP contribution in [-0.2, 0) is 11.3 Å². The molecule has 0 unspecified atom stereocenters. The minimum absolute atomic E-state index is 0.0232. The number of alkyl halides is 2. The summed E-state index contributed by atoms with van der Waals surface area (Å²) in [4.78, 5) is 16.7. The van der Waals surface area contributed by atoms with E-state index >= 15 is 0 Å². The van der Waals surface area contributed by atoms with Gasteiger partial charge in [-0.1, -0.05) is 24.3 Å². The number of anilines is 1. The van der Waals surface area contributed by atoms with E-state index in [9.17, 15) is 13.6 Å². The molecule has 0 saturated heterocycles. The first-order valence-corrected chi connectivity index (χ1v) is 7.30. The number of imidazole rings is 1. The summed E-state index contributed by atoms with van der Waals surface area (Å²) in [5.41, 5.74) is 1.83. The van der Waals surface area contributed by atoms with Crippen LogP contribution in [0, 0.1) is 6.92 Å². The largest absolute Gasteiger partial charge is 0.433 e. The highest BCUT2D eigenvalue weighted by molar-refractivity contribution is 5.93. The SMILES string of the molecule is Cc1nc2ccccc2n1CC(=O)Nc1ccccc1OC(F)F. The molecule has 1 aromatic heterocycles. The van der Waals surface area contributed by atoms with Gasteiger partial charge in [0.1, 0.15) is 18.1 Å². The van der Waals surface area contributed by atoms with Crippen LogP contribution in [0.25, 0.3) is 11.0 Å². The van der Waals surface area contributed by atoms with E-state index in [0.717, 1.165) is 11.0 Å². The summed E-state index contributed by atoms with van der Waals surface area (Å²) in [5, 5.41) is 2.60. The Labute approximate surface area is 136 Å². The highest BCUT2D eigenvalue weighted by Gasteiger charge is 2.14. The molecule has 0 atom stereocenters. The molecule has 1 amide bonds. The summed E-state index contributed by atoms with van der Waals surface area (Å²) in [6.45, 7) is -1.13. The number of hydrogen-bond acceptors (Lipinski definition) is 3. The molecule has 0 fully saturated rings. The number of nitrogens with one attached hydrogen (secondary N) is 1. The van der Waals surface area contributed by atoms with Crippen molar-refractivity contribution in [2.45, 2.75) is 20.1 Å². The summed E-state index contributed by atoms with van der Waals surface area (Å²) >= 11 is 0. The van der Waals surface area contributed by atoms with Crippen molar-refractivity contribution in [2.75, 3.05) is 5.32 Å². The molecule has 5 nitrogen and oxygen atoms in total. The molecule has 0 aliphatic heterocycles. The van der Waals surface area contributed by atoms with Crippen LogP contribution in [0.1, 0.15) is 5.82 Å². The topological polar surface area (TPSA) is 56.2 Å². The predicted octanol–water partition coefficient (Wildman–Crippen LogP) is 3.58. The second kappa shape index (κ2) is 6.66. The highest BCUT2D eigenvalue weighted by atomic mass is 19.3. The molecule has 0 spiro atoms. The number of carbonyl (C=O) groups is 1. The highest BCUT2D eigenvalue weighted by Crippen LogP contribution is 2.25. The summed E-state index contributed by atoms with van der Waals surface area (Å²) in [6, 6.07) is 13.5. The number of aromatic nitrogens is 2. The monoisotopic (exact) mass is 331 g/mol. The molecule has 2 aromatic carbocycles. The first-order chi connectivity index (χ1) is 11.5. The average Bonchev–Trinajstić information content (AvgIpc) is 2.85. The van der Waals surface area contributed by atoms with Crippen LogP contribution in [0.15, 0.2) is 48.5 Å². The molecule has 3 rings (SSSR count). The van der Waals surface area contributed by atoms with Gasteiger partial charge in [0.15, 0.2) is 0 Å². The van der Waals surface area contributed by atoms with Crippen LogP contribution < -0.4 is 10.1 Å². The minimum Gasteiger partial charge on any atom is -0.433 e. The molecule has 124 valence electrons. The minimum atomic E-state index is -2.96. The van der Waals surface area contributed by atoms with E-state index in [-0.39, 0.29) is 23.9 Å². The second-order valence-corrected chi connectivity index (χ2v) is 5.16. The molecular formula is C17H15F2N3O2. The molecule has 0 aliphatic rings. The fraction of sp³-hybridized carbons (Fsp3) is 0.176. The lowest BCUT2D eigenvalue weighted by Gasteiger charge is -2.12. The lowest BCUT2D eigenvalue weighted by Crippen LogP contribution is -2.20. The Bertz CT molecular complexity index is 877. The van der Waals surface area contributed by atoms with Crippen LogP contribution in [0.5, 0.6) is 5.75 Å². The number of aryl methyl sites for hydroxylation is 1. The van der Waals surface area contributed by atoms with Gasteiger partial charge in [-0.2, -0.15) is 8.78 Å². The summed E-state index contributed by atoms with van der Waals surface area (Å²) in [6.07, 6.45) is 0. The van der Waals surface area contributed by atoms with E-state index in [2.05, 4.69) is 15.0 Å². The number of halogens is 2. The number of benzene rings is 2. The van der Waals surface area contributed by atoms with E-state index in [4.69, 9.17) is 0 Å².